The lowest BCUT2D eigenvalue weighted by atomic mass is 9.77. The van der Waals surface area contributed by atoms with Crippen LogP contribution in [0.4, 0.5) is 4.79 Å². The lowest BCUT2D eigenvalue weighted by Gasteiger charge is -2.33. The average molecular weight is 348 g/mol. The van der Waals surface area contributed by atoms with E-state index in [0.717, 1.165) is 17.9 Å². The van der Waals surface area contributed by atoms with Gasteiger partial charge in [0.05, 0.1) is 18.8 Å². The molecule has 136 valence electrons. The van der Waals surface area contributed by atoms with Crippen LogP contribution in [0.2, 0.25) is 0 Å². The van der Waals surface area contributed by atoms with Crippen LogP contribution in [0, 0.1) is 5.92 Å². The highest BCUT2D eigenvalue weighted by molar-refractivity contribution is 6.08. The Morgan fingerprint density at radius 3 is 2.80 bits per heavy atom. The van der Waals surface area contributed by atoms with E-state index in [2.05, 4.69) is 23.0 Å². The lowest BCUT2D eigenvalue weighted by molar-refractivity contribution is -0.139. The molecule has 1 saturated carbocycles. The molecule has 2 fully saturated rings. The Morgan fingerprint density at radius 1 is 1.44 bits per heavy atom. The Morgan fingerprint density at radius 2 is 2.16 bits per heavy atom. The lowest BCUT2D eigenvalue weighted by Crippen LogP contribution is -2.52. The van der Waals surface area contributed by atoms with E-state index >= 15 is 0 Å². The smallest absolute Gasteiger partial charge is 0.344 e. The molecule has 2 heterocycles. The summed E-state index contributed by atoms with van der Waals surface area (Å²) in [7, 11) is 0. The first-order chi connectivity index (χ1) is 11.9. The predicted molar refractivity (Wildman–Crippen MR) is 89.0 cm³/mol. The SMILES string of the molecule is CC1CCC2(CC1)NC(=O)N(NC(=O)CNC(C)c1ccco1)C2=O. The number of hydrazine groups is 1. The maximum absolute atomic E-state index is 12.7. The summed E-state index contributed by atoms with van der Waals surface area (Å²) in [4.78, 5) is 36.9. The number of carbonyl (C=O) groups excluding carboxylic acids is 3. The number of hydrogen-bond donors (Lipinski definition) is 3. The highest BCUT2D eigenvalue weighted by Crippen LogP contribution is 2.35. The second kappa shape index (κ2) is 6.87. The molecule has 3 rings (SSSR count). The third-order valence-electron chi connectivity index (χ3n) is 5.06. The Bertz CT molecular complexity index is 650. The van der Waals surface area contributed by atoms with Crippen LogP contribution in [0.25, 0.3) is 0 Å². The van der Waals surface area contributed by atoms with Crippen molar-refractivity contribution in [1.29, 1.82) is 0 Å². The fourth-order valence-electron chi connectivity index (χ4n) is 3.36. The van der Waals surface area contributed by atoms with Crippen LogP contribution in [0.5, 0.6) is 0 Å². The zero-order chi connectivity index (χ0) is 18.0. The molecular weight excluding hydrogens is 324 g/mol. The monoisotopic (exact) mass is 348 g/mol. The second-order valence-electron chi connectivity index (χ2n) is 6.99. The minimum atomic E-state index is -0.855. The molecular formula is C17H24N4O4. The summed E-state index contributed by atoms with van der Waals surface area (Å²) in [6.07, 6.45) is 4.55. The summed E-state index contributed by atoms with van der Waals surface area (Å²) in [6.45, 7) is 3.96. The summed E-state index contributed by atoms with van der Waals surface area (Å²) in [5, 5.41) is 6.58. The minimum Gasteiger partial charge on any atom is -0.468 e. The molecule has 1 aliphatic heterocycles. The summed E-state index contributed by atoms with van der Waals surface area (Å²) >= 11 is 0. The van der Waals surface area contributed by atoms with Gasteiger partial charge in [-0.2, -0.15) is 5.01 Å². The number of furan rings is 1. The summed E-state index contributed by atoms with van der Waals surface area (Å²) in [5.74, 6) is 0.435. The van der Waals surface area contributed by atoms with Gasteiger partial charge in [-0.25, -0.2) is 4.79 Å². The van der Waals surface area contributed by atoms with E-state index in [0.29, 0.717) is 24.5 Å². The molecule has 4 amide bonds. The van der Waals surface area contributed by atoms with E-state index in [4.69, 9.17) is 4.42 Å². The molecule has 2 aliphatic rings. The van der Waals surface area contributed by atoms with Crippen molar-refractivity contribution in [3.63, 3.8) is 0 Å². The summed E-state index contributed by atoms with van der Waals surface area (Å²) < 4.78 is 5.26. The molecule has 0 aromatic carbocycles. The number of imide groups is 1. The quantitative estimate of drug-likeness (QED) is 0.699. The molecule has 3 N–H and O–H groups in total. The number of carbonyl (C=O) groups is 3. The zero-order valence-electron chi connectivity index (χ0n) is 14.5. The van der Waals surface area contributed by atoms with Gasteiger partial charge in [0, 0.05) is 0 Å². The third kappa shape index (κ3) is 3.53. The summed E-state index contributed by atoms with van der Waals surface area (Å²) in [5.41, 5.74) is 1.55. The first kappa shape index (κ1) is 17.5. The van der Waals surface area contributed by atoms with Crippen molar-refractivity contribution in [2.24, 2.45) is 5.92 Å². The topological polar surface area (TPSA) is 104 Å². The van der Waals surface area contributed by atoms with Crippen molar-refractivity contribution in [2.75, 3.05) is 6.54 Å². The van der Waals surface area contributed by atoms with Crippen LogP contribution in [-0.2, 0) is 9.59 Å². The Kier molecular flexibility index (Phi) is 4.80. The molecule has 1 atom stereocenters. The molecule has 1 unspecified atom stereocenters. The highest BCUT2D eigenvalue weighted by atomic mass is 16.3. The van der Waals surface area contributed by atoms with Gasteiger partial charge in [0.15, 0.2) is 0 Å². The van der Waals surface area contributed by atoms with Crippen molar-refractivity contribution in [3.05, 3.63) is 24.2 Å². The van der Waals surface area contributed by atoms with Gasteiger partial charge in [-0.3, -0.25) is 20.3 Å². The summed E-state index contributed by atoms with van der Waals surface area (Å²) in [6, 6.07) is 2.86. The largest absolute Gasteiger partial charge is 0.468 e. The van der Waals surface area contributed by atoms with Gasteiger partial charge in [-0.15, -0.1) is 0 Å². The third-order valence-corrected chi connectivity index (χ3v) is 5.06. The fraction of sp³-hybridized carbons (Fsp3) is 0.588. The van der Waals surface area contributed by atoms with Gasteiger partial charge < -0.3 is 9.73 Å². The molecule has 0 radical (unpaired) electrons. The van der Waals surface area contributed by atoms with E-state index in [-0.39, 0.29) is 18.5 Å². The Hall–Kier alpha value is -2.35. The molecule has 1 spiro atoms. The molecule has 8 nitrogen and oxygen atoms in total. The van der Waals surface area contributed by atoms with Gasteiger partial charge >= 0.3 is 6.03 Å². The average Bonchev–Trinajstić information content (AvgIpc) is 3.20. The first-order valence-electron chi connectivity index (χ1n) is 8.64. The number of hydrogen-bond acceptors (Lipinski definition) is 5. The van der Waals surface area contributed by atoms with Gasteiger partial charge in [0.1, 0.15) is 11.3 Å². The van der Waals surface area contributed by atoms with Crippen LogP contribution < -0.4 is 16.1 Å². The zero-order valence-corrected chi connectivity index (χ0v) is 14.5. The molecule has 25 heavy (non-hydrogen) atoms. The maximum Gasteiger partial charge on any atom is 0.344 e. The highest BCUT2D eigenvalue weighted by Gasteiger charge is 2.52. The van der Waals surface area contributed by atoms with Gasteiger partial charge in [-0.1, -0.05) is 6.92 Å². The standard InChI is InChI=1S/C17H24N4O4/c1-11-5-7-17(8-6-11)15(23)21(16(24)19-17)20-14(22)10-18-12(2)13-4-3-9-25-13/h3-4,9,11-12,18H,5-8,10H2,1-2H3,(H,19,24)(H,20,22). The normalized spacial score (nSPS) is 27.4. The Labute approximate surface area is 146 Å². The van der Waals surface area contributed by atoms with Crippen LogP contribution >= 0.6 is 0 Å². The second-order valence-corrected chi connectivity index (χ2v) is 6.99. The number of nitrogens with one attached hydrogen (secondary N) is 3. The van der Waals surface area contributed by atoms with E-state index in [1.807, 2.05) is 6.92 Å². The van der Waals surface area contributed by atoms with Gasteiger partial charge in [-0.05, 0) is 50.7 Å². The van der Waals surface area contributed by atoms with Crippen molar-refractivity contribution >= 4 is 17.8 Å². The number of urea groups is 1. The number of nitrogens with zero attached hydrogens (tertiary/aromatic N) is 1. The molecule has 1 aromatic heterocycles. The number of amides is 4. The predicted octanol–water partition coefficient (Wildman–Crippen LogP) is 1.46. The van der Waals surface area contributed by atoms with Crippen LogP contribution in [-0.4, -0.2) is 34.9 Å². The van der Waals surface area contributed by atoms with E-state index in [1.165, 1.54) is 0 Å². The van der Waals surface area contributed by atoms with Crippen molar-refractivity contribution < 1.29 is 18.8 Å². The van der Waals surface area contributed by atoms with Gasteiger partial charge in [0.25, 0.3) is 11.8 Å². The van der Waals surface area contributed by atoms with Crippen molar-refractivity contribution in [1.82, 2.24) is 21.1 Å². The van der Waals surface area contributed by atoms with E-state index in [9.17, 15) is 14.4 Å². The van der Waals surface area contributed by atoms with Gasteiger partial charge in [0.2, 0.25) is 0 Å². The fourth-order valence-corrected chi connectivity index (χ4v) is 3.36. The molecule has 8 heteroatoms. The van der Waals surface area contributed by atoms with Crippen LogP contribution in [0.15, 0.2) is 22.8 Å². The minimum absolute atomic E-state index is 0.0387. The Balaban J connectivity index is 1.54. The molecule has 1 aromatic rings. The van der Waals surface area contributed by atoms with Crippen molar-refractivity contribution in [3.8, 4) is 0 Å². The first-order valence-corrected chi connectivity index (χ1v) is 8.64. The maximum atomic E-state index is 12.7. The van der Waals surface area contributed by atoms with Crippen LogP contribution in [0.1, 0.15) is 51.3 Å². The molecule has 0 bridgehead atoms. The van der Waals surface area contributed by atoms with Crippen LogP contribution in [0.3, 0.4) is 0 Å². The van der Waals surface area contributed by atoms with E-state index < -0.39 is 17.5 Å². The van der Waals surface area contributed by atoms with Crippen molar-refractivity contribution in [2.45, 2.75) is 51.1 Å². The number of rotatable bonds is 5. The molecule has 1 saturated heterocycles. The molecule has 1 aliphatic carbocycles. The van der Waals surface area contributed by atoms with E-state index in [1.54, 1.807) is 18.4 Å².